The van der Waals surface area contributed by atoms with Crippen LogP contribution >= 0.6 is 0 Å². The van der Waals surface area contributed by atoms with Crippen LogP contribution in [0.3, 0.4) is 0 Å². The predicted octanol–water partition coefficient (Wildman–Crippen LogP) is 2.89. The summed E-state index contributed by atoms with van der Waals surface area (Å²) in [5.41, 5.74) is -0.273. The first-order valence-corrected chi connectivity index (χ1v) is 16.4. The van der Waals surface area contributed by atoms with Crippen LogP contribution in [0.1, 0.15) is 75.3 Å². The Labute approximate surface area is 271 Å². The maximum absolute atomic E-state index is 14.3. The number of rotatable bonds is 4. The van der Waals surface area contributed by atoms with E-state index in [-0.39, 0.29) is 44.5 Å². The lowest BCUT2D eigenvalue weighted by molar-refractivity contribution is -0.141. The first-order chi connectivity index (χ1) is 22.7. The summed E-state index contributed by atoms with van der Waals surface area (Å²) in [6.45, 7) is 0.0563. The van der Waals surface area contributed by atoms with Crippen LogP contribution in [0.4, 0.5) is 14.0 Å². The molecule has 3 N–H and O–H groups in total. The molecule has 1 aromatic rings. The van der Waals surface area contributed by atoms with Crippen LogP contribution in [0.2, 0.25) is 0 Å². The van der Waals surface area contributed by atoms with Gasteiger partial charge in [0.05, 0.1) is 13.1 Å². The molecule has 3 fully saturated rings. The van der Waals surface area contributed by atoms with E-state index in [9.17, 15) is 28.4 Å². The number of carbonyl (C=O) groups excluding carboxylic acids is 5. The Kier molecular flexibility index (Phi) is 9.33. The molecule has 0 aromatic heterocycles. The quantitative estimate of drug-likeness (QED) is 0.254. The second-order valence-electron chi connectivity index (χ2n) is 13.0. The number of alkyl carbamates (subject to hydrolysis) is 1. The molecule has 0 bridgehead atoms. The summed E-state index contributed by atoms with van der Waals surface area (Å²) in [4.78, 5) is 69.7. The van der Waals surface area contributed by atoms with E-state index in [0.29, 0.717) is 24.0 Å². The topological polar surface area (TPSA) is 170 Å². The van der Waals surface area contributed by atoms with Gasteiger partial charge in [0.15, 0.2) is 6.19 Å². The number of ether oxygens (including phenoxy) is 2. The highest BCUT2D eigenvalue weighted by molar-refractivity contribution is 5.99. The normalized spacial score (nSPS) is 29.7. The highest BCUT2D eigenvalue weighted by Gasteiger charge is 2.61. The molecule has 2 aliphatic carbocycles. The molecule has 14 heteroatoms. The molecule has 0 spiro atoms. The number of allylic oxidation sites excluding steroid dienone is 1. The van der Waals surface area contributed by atoms with Gasteiger partial charge in [0.25, 0.3) is 5.91 Å². The average molecular weight is 651 g/mol. The number of nitrogens with one attached hydrogen (secondary N) is 3. The van der Waals surface area contributed by atoms with Crippen molar-refractivity contribution in [1.82, 2.24) is 25.8 Å². The molecular formula is C33H39FN6O7. The highest BCUT2D eigenvalue weighted by atomic mass is 19.1. The van der Waals surface area contributed by atoms with Gasteiger partial charge >= 0.3 is 12.2 Å². The minimum absolute atomic E-state index is 0.0284. The molecule has 6 rings (SSSR count). The van der Waals surface area contributed by atoms with Gasteiger partial charge in [-0.15, -0.1) is 0 Å². The molecule has 1 saturated heterocycles. The maximum atomic E-state index is 14.3. The first kappa shape index (κ1) is 32.3. The zero-order chi connectivity index (χ0) is 33.1. The molecule has 0 radical (unpaired) electrons. The Balaban J connectivity index is 1.22. The standard InChI is InChI=1S/C33H39FN6O7/c34-25-12-6-8-20-16-39(18-24(20)25)32(45)47-23-14-27-28(41)38-33(30(43)36-19-35)15-21(33)9-4-2-1-3-5-13-26(29(42)40(27)17-23)37-31(44)46-22-10-7-11-22/h4,6,8-9,12,21-23,26-27H,1-3,5,7,10-11,13-18H2,(H,36,43)(H,37,44)(H,38,41)/b9-4+/t21?,23-,26-,27+,33-/m1/s1. The van der Waals surface area contributed by atoms with Gasteiger partial charge in [-0.05, 0) is 56.6 Å². The van der Waals surface area contributed by atoms with Gasteiger partial charge in [0, 0.05) is 24.4 Å². The molecule has 5 atom stereocenters. The van der Waals surface area contributed by atoms with Crippen LogP contribution in [-0.2, 0) is 36.9 Å². The fourth-order valence-electron chi connectivity index (χ4n) is 6.87. The molecule has 250 valence electrons. The summed E-state index contributed by atoms with van der Waals surface area (Å²) < 4.78 is 25.6. The van der Waals surface area contributed by atoms with E-state index in [0.717, 1.165) is 38.5 Å². The van der Waals surface area contributed by atoms with Crippen molar-refractivity contribution >= 4 is 29.9 Å². The van der Waals surface area contributed by atoms with Crippen LogP contribution in [0.25, 0.3) is 0 Å². The van der Waals surface area contributed by atoms with E-state index >= 15 is 0 Å². The summed E-state index contributed by atoms with van der Waals surface area (Å²) in [6, 6.07) is 2.52. The fraction of sp³-hybridized carbons (Fsp3) is 0.576. The van der Waals surface area contributed by atoms with E-state index in [4.69, 9.17) is 14.7 Å². The Bertz CT molecular complexity index is 1510. The molecule has 3 aliphatic heterocycles. The Hall–Kier alpha value is -4.67. The number of halogens is 1. The largest absolute Gasteiger partial charge is 0.446 e. The number of hydrogen-bond donors (Lipinski definition) is 3. The average Bonchev–Trinajstić information content (AvgIpc) is 3.33. The summed E-state index contributed by atoms with van der Waals surface area (Å²) in [6.07, 6.45) is 8.92. The summed E-state index contributed by atoms with van der Waals surface area (Å²) in [7, 11) is 0. The zero-order valence-electron chi connectivity index (χ0n) is 26.0. The third-order valence-corrected chi connectivity index (χ3v) is 9.88. The Morgan fingerprint density at radius 1 is 1.04 bits per heavy atom. The zero-order valence-corrected chi connectivity index (χ0v) is 26.0. The number of nitriles is 1. The Morgan fingerprint density at radius 3 is 2.62 bits per heavy atom. The van der Waals surface area contributed by atoms with Gasteiger partial charge in [-0.3, -0.25) is 24.6 Å². The van der Waals surface area contributed by atoms with Crippen LogP contribution in [0.15, 0.2) is 30.4 Å². The number of benzene rings is 1. The van der Waals surface area contributed by atoms with E-state index in [1.165, 1.54) is 15.9 Å². The molecule has 5 amide bonds. The maximum Gasteiger partial charge on any atom is 0.410 e. The number of nitrogens with zero attached hydrogens (tertiary/aromatic N) is 3. The number of amides is 5. The number of carbonyl (C=O) groups is 5. The van der Waals surface area contributed by atoms with Crippen molar-refractivity contribution in [3.05, 3.63) is 47.3 Å². The van der Waals surface area contributed by atoms with Crippen molar-refractivity contribution in [3.63, 3.8) is 0 Å². The summed E-state index contributed by atoms with van der Waals surface area (Å²) in [5.74, 6) is -2.56. The van der Waals surface area contributed by atoms with Crippen molar-refractivity contribution in [2.75, 3.05) is 6.54 Å². The van der Waals surface area contributed by atoms with Gasteiger partial charge in [0.1, 0.15) is 35.6 Å². The molecule has 5 aliphatic rings. The molecule has 13 nitrogen and oxygen atoms in total. The van der Waals surface area contributed by atoms with E-state index in [2.05, 4.69) is 16.0 Å². The van der Waals surface area contributed by atoms with Crippen LogP contribution in [-0.4, -0.2) is 76.1 Å². The highest BCUT2D eigenvalue weighted by Crippen LogP contribution is 2.45. The predicted molar refractivity (Wildman–Crippen MR) is 162 cm³/mol. The monoisotopic (exact) mass is 650 g/mol. The van der Waals surface area contributed by atoms with Crippen LogP contribution in [0.5, 0.6) is 0 Å². The van der Waals surface area contributed by atoms with Crippen LogP contribution in [0, 0.1) is 23.2 Å². The van der Waals surface area contributed by atoms with Crippen molar-refractivity contribution in [2.24, 2.45) is 5.92 Å². The second kappa shape index (κ2) is 13.6. The first-order valence-electron chi connectivity index (χ1n) is 16.4. The van der Waals surface area contributed by atoms with E-state index < -0.39 is 59.5 Å². The van der Waals surface area contributed by atoms with E-state index in [1.807, 2.05) is 12.2 Å². The second-order valence-corrected chi connectivity index (χ2v) is 13.0. The third-order valence-electron chi connectivity index (χ3n) is 9.88. The molecule has 47 heavy (non-hydrogen) atoms. The minimum atomic E-state index is -1.36. The molecular weight excluding hydrogens is 611 g/mol. The van der Waals surface area contributed by atoms with Gasteiger partial charge in [0.2, 0.25) is 11.8 Å². The SMILES string of the molecule is N#CNC(=O)[C@@]12CC1/C=C/CCCCC[C@@H](NC(=O)OC1CCC1)C(=O)N1C[C@H](OC(=O)N3Cc4cccc(F)c4C3)C[C@H]1C(=O)N2. The van der Waals surface area contributed by atoms with Crippen LogP contribution < -0.4 is 16.0 Å². The molecule has 3 heterocycles. The van der Waals surface area contributed by atoms with Crippen molar-refractivity contribution in [2.45, 2.75) is 107 Å². The number of fused-ring (bicyclic) bond motifs is 3. The van der Waals surface area contributed by atoms with Crippen molar-refractivity contribution < 1.29 is 37.8 Å². The smallest absolute Gasteiger partial charge is 0.410 e. The Morgan fingerprint density at radius 2 is 1.87 bits per heavy atom. The molecule has 2 saturated carbocycles. The van der Waals surface area contributed by atoms with Gasteiger partial charge < -0.3 is 25.0 Å². The van der Waals surface area contributed by atoms with Crippen molar-refractivity contribution in [1.29, 1.82) is 5.26 Å². The lowest BCUT2D eigenvalue weighted by Crippen LogP contribution is -2.57. The summed E-state index contributed by atoms with van der Waals surface area (Å²) in [5, 5.41) is 16.8. The lowest BCUT2D eigenvalue weighted by atomic mass is 9.96. The third kappa shape index (κ3) is 6.89. The van der Waals surface area contributed by atoms with Gasteiger partial charge in [-0.25, -0.2) is 14.0 Å². The van der Waals surface area contributed by atoms with Gasteiger partial charge in [-0.1, -0.05) is 37.1 Å². The fourth-order valence-corrected chi connectivity index (χ4v) is 6.87. The number of hydrogen-bond acceptors (Lipinski definition) is 8. The summed E-state index contributed by atoms with van der Waals surface area (Å²) >= 11 is 0. The van der Waals surface area contributed by atoms with Gasteiger partial charge in [-0.2, -0.15) is 5.26 Å². The molecule has 1 unspecified atom stereocenters. The molecule has 1 aromatic carbocycles. The minimum Gasteiger partial charge on any atom is -0.446 e. The lowest BCUT2D eigenvalue weighted by Gasteiger charge is -2.30. The van der Waals surface area contributed by atoms with E-state index in [1.54, 1.807) is 18.3 Å². The van der Waals surface area contributed by atoms with Crippen molar-refractivity contribution in [3.8, 4) is 6.19 Å².